The largest absolute Gasteiger partial charge is 0.383 e. The highest BCUT2D eigenvalue weighted by atomic mass is 35.5. The topological polar surface area (TPSA) is 112 Å². The van der Waals surface area contributed by atoms with Gasteiger partial charge in [-0.2, -0.15) is 4.98 Å². The molecule has 1 aliphatic rings. The fraction of sp³-hybridized carbons (Fsp3) is 0.250. The molecule has 0 bridgehead atoms. The zero-order valence-corrected chi connectivity index (χ0v) is 20.5. The summed E-state index contributed by atoms with van der Waals surface area (Å²) in [6, 6.07) is 11.1. The first-order valence-corrected chi connectivity index (χ1v) is 11.8. The van der Waals surface area contributed by atoms with Crippen LogP contribution >= 0.6 is 23.2 Å². The molecule has 0 radical (unpaired) electrons. The summed E-state index contributed by atoms with van der Waals surface area (Å²) in [5.74, 6) is 0.318. The number of aromatic amines is 1. The van der Waals surface area contributed by atoms with Gasteiger partial charge in [-0.25, -0.2) is 14.3 Å². The summed E-state index contributed by atoms with van der Waals surface area (Å²) in [5, 5.41) is 12.7. The van der Waals surface area contributed by atoms with E-state index in [1.54, 1.807) is 25.3 Å². The van der Waals surface area contributed by atoms with Crippen LogP contribution in [0, 0.1) is 5.41 Å². The van der Waals surface area contributed by atoms with Gasteiger partial charge in [0.05, 0.1) is 27.7 Å². The second kappa shape index (κ2) is 9.79. The molecule has 5 rings (SSSR count). The lowest BCUT2D eigenvalue weighted by Crippen LogP contribution is -2.34. The van der Waals surface area contributed by atoms with Crippen molar-refractivity contribution >= 4 is 45.9 Å². The molecule has 0 saturated carbocycles. The fourth-order valence-corrected chi connectivity index (χ4v) is 4.80. The van der Waals surface area contributed by atoms with Crippen molar-refractivity contribution in [2.45, 2.75) is 13.0 Å². The summed E-state index contributed by atoms with van der Waals surface area (Å²) in [4.78, 5) is 26.7. The molecule has 3 N–H and O–H groups in total. The van der Waals surface area contributed by atoms with Gasteiger partial charge in [-0.1, -0.05) is 35.3 Å². The lowest BCUT2D eigenvalue weighted by Gasteiger charge is -2.28. The van der Waals surface area contributed by atoms with Crippen molar-refractivity contribution in [3.8, 4) is 5.69 Å². The van der Waals surface area contributed by atoms with E-state index in [1.165, 1.54) is 17.3 Å². The first kappa shape index (κ1) is 23.5. The van der Waals surface area contributed by atoms with E-state index >= 15 is 0 Å². The van der Waals surface area contributed by atoms with Gasteiger partial charge in [0, 0.05) is 38.6 Å². The average molecular weight is 512 g/mol. The predicted octanol–water partition coefficient (Wildman–Crippen LogP) is 3.64. The summed E-state index contributed by atoms with van der Waals surface area (Å²) >= 11 is 12.5. The Kier molecular flexibility index (Phi) is 6.57. The van der Waals surface area contributed by atoms with Crippen LogP contribution < -0.4 is 16.5 Å². The maximum Gasteiger partial charge on any atom is 0.333 e. The lowest BCUT2D eigenvalue weighted by molar-refractivity contribution is 0.141. The van der Waals surface area contributed by atoms with Gasteiger partial charge >= 0.3 is 5.69 Å². The number of ether oxygens (including phenoxy) is 1. The Morgan fingerprint density at radius 2 is 2.00 bits per heavy atom. The Balaban J connectivity index is 1.43. The number of nitrogens with one attached hydrogen (secondary N) is 3. The molecule has 4 aromatic rings. The molecule has 2 aromatic heterocycles. The number of methoxy groups -OCH3 is 1. The minimum atomic E-state index is -0.575. The number of hydrogen-bond donors (Lipinski definition) is 3. The number of hydrogen-bond acceptors (Lipinski definition) is 7. The van der Waals surface area contributed by atoms with E-state index in [2.05, 4.69) is 37.3 Å². The Hall–Kier alpha value is -3.24. The van der Waals surface area contributed by atoms with E-state index in [9.17, 15) is 4.79 Å². The average Bonchev–Trinajstić information content (AvgIpc) is 2.84. The van der Waals surface area contributed by atoms with Crippen LogP contribution in [0.4, 0.5) is 11.6 Å². The summed E-state index contributed by atoms with van der Waals surface area (Å²) in [6.45, 7) is 3.52. The number of nitrogens with zero attached hydrogens (tertiary/aromatic N) is 4. The van der Waals surface area contributed by atoms with E-state index in [0.29, 0.717) is 11.3 Å². The first-order chi connectivity index (χ1) is 16.9. The van der Waals surface area contributed by atoms with Crippen molar-refractivity contribution in [1.82, 2.24) is 24.4 Å². The molecule has 0 spiro atoms. The summed E-state index contributed by atoms with van der Waals surface area (Å²) in [6.07, 6.45) is 2.45. The number of H-pyrrole nitrogens is 1. The van der Waals surface area contributed by atoms with Gasteiger partial charge in [-0.15, -0.1) is 0 Å². The van der Waals surface area contributed by atoms with Gasteiger partial charge in [0.2, 0.25) is 5.95 Å². The van der Waals surface area contributed by atoms with Crippen molar-refractivity contribution in [1.29, 1.82) is 5.41 Å². The molecular weight excluding hydrogens is 489 g/mol. The molecule has 9 nitrogen and oxygen atoms in total. The lowest BCUT2D eigenvalue weighted by atomic mass is 9.99. The highest BCUT2D eigenvalue weighted by molar-refractivity contribution is 6.37. The van der Waals surface area contributed by atoms with Crippen molar-refractivity contribution in [3.63, 3.8) is 0 Å². The van der Waals surface area contributed by atoms with Gasteiger partial charge in [0.1, 0.15) is 5.49 Å². The standard InChI is InChI=1S/C24H23Cl2N7O2/c1-35-10-9-32-8-7-14-11-16(6-5-15(14)13-32)29-23-28-12-17-21(27)33(24(34)31-22(17)30-23)20-18(25)3-2-4-19(20)26/h2-6,11-12,27H,7-10,13H2,1H3,(H2,28,29,30,31,34). The van der Waals surface area contributed by atoms with Gasteiger partial charge in [0.15, 0.2) is 5.65 Å². The normalized spacial score (nSPS) is 13.7. The number of aromatic nitrogens is 4. The Morgan fingerprint density at radius 1 is 1.20 bits per heavy atom. The minimum absolute atomic E-state index is 0.114. The molecule has 0 unspecified atom stereocenters. The van der Waals surface area contributed by atoms with Crippen LogP contribution in [-0.4, -0.2) is 51.2 Å². The highest BCUT2D eigenvalue weighted by Gasteiger charge is 2.17. The van der Waals surface area contributed by atoms with Crippen LogP contribution in [0.15, 0.2) is 47.4 Å². The van der Waals surface area contributed by atoms with Crippen LogP contribution in [-0.2, 0) is 17.7 Å². The Bertz CT molecular complexity index is 1510. The molecule has 0 saturated heterocycles. The SMILES string of the molecule is COCCN1CCc2cc(Nc3ncc4c(=N)n(-c5c(Cl)cccc5Cl)c(=O)[nH]c4n3)ccc2C1. The zero-order chi connectivity index (χ0) is 24.5. The molecule has 0 amide bonds. The molecule has 180 valence electrons. The molecular formula is C24H23Cl2N7O2. The third-order valence-corrected chi connectivity index (χ3v) is 6.63. The van der Waals surface area contributed by atoms with E-state index in [1.807, 2.05) is 6.07 Å². The van der Waals surface area contributed by atoms with E-state index in [4.69, 9.17) is 33.3 Å². The smallest absolute Gasteiger partial charge is 0.333 e. The monoisotopic (exact) mass is 511 g/mol. The minimum Gasteiger partial charge on any atom is -0.383 e. The number of para-hydroxylation sites is 1. The van der Waals surface area contributed by atoms with Crippen LogP contribution in [0.5, 0.6) is 0 Å². The number of halogens is 2. The molecule has 0 aliphatic carbocycles. The van der Waals surface area contributed by atoms with Gasteiger partial charge in [-0.05, 0) is 41.8 Å². The number of benzene rings is 2. The maximum atomic E-state index is 12.9. The highest BCUT2D eigenvalue weighted by Crippen LogP contribution is 2.27. The quantitative estimate of drug-likeness (QED) is 0.364. The Morgan fingerprint density at radius 3 is 2.77 bits per heavy atom. The van der Waals surface area contributed by atoms with Crippen molar-refractivity contribution in [3.05, 3.63) is 79.7 Å². The van der Waals surface area contributed by atoms with Gasteiger partial charge in [0.25, 0.3) is 0 Å². The van der Waals surface area contributed by atoms with Gasteiger partial charge in [-0.3, -0.25) is 15.3 Å². The van der Waals surface area contributed by atoms with E-state index in [0.717, 1.165) is 42.9 Å². The Labute approximate surface area is 210 Å². The summed E-state index contributed by atoms with van der Waals surface area (Å²) in [7, 11) is 1.72. The van der Waals surface area contributed by atoms with Crippen molar-refractivity contribution in [2.75, 3.05) is 32.1 Å². The molecule has 35 heavy (non-hydrogen) atoms. The molecule has 3 heterocycles. The molecule has 11 heteroatoms. The molecule has 0 atom stereocenters. The first-order valence-electron chi connectivity index (χ1n) is 11.1. The zero-order valence-electron chi connectivity index (χ0n) is 18.9. The third-order valence-electron chi connectivity index (χ3n) is 6.02. The number of fused-ring (bicyclic) bond motifs is 2. The van der Waals surface area contributed by atoms with E-state index < -0.39 is 5.69 Å². The van der Waals surface area contributed by atoms with Crippen molar-refractivity contribution in [2.24, 2.45) is 0 Å². The van der Waals surface area contributed by atoms with Crippen molar-refractivity contribution < 1.29 is 4.74 Å². The third kappa shape index (κ3) is 4.68. The van der Waals surface area contributed by atoms with Crippen LogP contribution in [0.3, 0.4) is 0 Å². The second-order valence-corrected chi connectivity index (χ2v) is 9.08. The predicted molar refractivity (Wildman–Crippen MR) is 136 cm³/mol. The molecule has 0 fully saturated rings. The maximum absolute atomic E-state index is 12.9. The summed E-state index contributed by atoms with van der Waals surface area (Å²) in [5.41, 5.74) is 3.22. The number of anilines is 2. The van der Waals surface area contributed by atoms with Crippen LogP contribution in [0.25, 0.3) is 16.7 Å². The molecule has 2 aromatic carbocycles. The molecule has 1 aliphatic heterocycles. The summed E-state index contributed by atoms with van der Waals surface area (Å²) < 4.78 is 6.30. The fourth-order valence-electron chi connectivity index (χ4n) is 4.24. The van der Waals surface area contributed by atoms with Gasteiger partial charge < -0.3 is 10.1 Å². The van der Waals surface area contributed by atoms with Crippen LogP contribution in [0.1, 0.15) is 11.1 Å². The van der Waals surface area contributed by atoms with Crippen LogP contribution in [0.2, 0.25) is 10.0 Å². The number of rotatable bonds is 6. The second-order valence-electron chi connectivity index (χ2n) is 8.27. The van der Waals surface area contributed by atoms with E-state index in [-0.39, 0.29) is 26.9 Å².